The lowest BCUT2D eigenvalue weighted by Gasteiger charge is -2.29. The van der Waals surface area contributed by atoms with Crippen molar-refractivity contribution in [3.05, 3.63) is 11.3 Å². The molecule has 1 aliphatic rings. The van der Waals surface area contributed by atoms with Gasteiger partial charge in [-0.1, -0.05) is 5.92 Å². The van der Waals surface area contributed by atoms with Crippen LogP contribution in [0.2, 0.25) is 0 Å². The molecular formula is C14H18N2O4. The van der Waals surface area contributed by atoms with Crippen LogP contribution in [0.5, 0.6) is 5.88 Å². The molecule has 6 heteroatoms. The van der Waals surface area contributed by atoms with E-state index in [4.69, 9.17) is 20.4 Å². The minimum absolute atomic E-state index is 0.116. The Hall–Kier alpha value is -2.16. The summed E-state index contributed by atoms with van der Waals surface area (Å²) in [6.07, 6.45) is 5.38. The van der Waals surface area contributed by atoms with Crippen LogP contribution in [0.3, 0.4) is 0 Å². The van der Waals surface area contributed by atoms with Gasteiger partial charge in [0.25, 0.3) is 5.88 Å². The van der Waals surface area contributed by atoms with Gasteiger partial charge in [0.1, 0.15) is 11.4 Å². The first-order valence-electron chi connectivity index (χ1n) is 6.42. The van der Waals surface area contributed by atoms with Gasteiger partial charge in [0, 0.05) is 13.0 Å². The van der Waals surface area contributed by atoms with E-state index in [1.54, 1.807) is 4.90 Å². The van der Waals surface area contributed by atoms with E-state index < -0.39 is 5.60 Å². The molecule has 0 unspecified atom stereocenters. The number of hydrogen-bond acceptors (Lipinski definition) is 5. The van der Waals surface area contributed by atoms with Gasteiger partial charge in [-0.2, -0.15) is 0 Å². The highest BCUT2D eigenvalue weighted by molar-refractivity contribution is 5.68. The predicted octanol–water partition coefficient (Wildman–Crippen LogP) is 1.98. The first kappa shape index (κ1) is 14.3. The summed E-state index contributed by atoms with van der Waals surface area (Å²) in [5.74, 6) is 3.45. The lowest BCUT2D eigenvalue weighted by molar-refractivity contribution is 0.0218. The van der Waals surface area contributed by atoms with Crippen LogP contribution in [-0.2, 0) is 17.7 Å². The van der Waals surface area contributed by atoms with Crippen LogP contribution >= 0.6 is 0 Å². The lowest BCUT2D eigenvalue weighted by Crippen LogP contribution is -2.39. The van der Waals surface area contributed by atoms with E-state index in [2.05, 4.69) is 11.1 Å². The van der Waals surface area contributed by atoms with Crippen LogP contribution in [0, 0.1) is 12.3 Å². The van der Waals surface area contributed by atoms with E-state index in [0.717, 1.165) is 11.3 Å². The van der Waals surface area contributed by atoms with E-state index in [9.17, 15) is 4.79 Å². The Kier molecular flexibility index (Phi) is 3.89. The number of nitrogens with zero attached hydrogens (tertiary/aromatic N) is 2. The third-order valence-electron chi connectivity index (χ3n) is 2.74. The fraction of sp³-hybridized carbons (Fsp3) is 0.571. The molecule has 2 heterocycles. The molecule has 20 heavy (non-hydrogen) atoms. The summed E-state index contributed by atoms with van der Waals surface area (Å²) in [5.41, 5.74) is 0.242. The molecule has 2 rings (SSSR count). The number of aromatic nitrogens is 1. The maximum atomic E-state index is 12.1. The van der Waals surface area contributed by atoms with E-state index >= 15 is 0 Å². The zero-order chi connectivity index (χ0) is 14.8. The van der Waals surface area contributed by atoms with Gasteiger partial charge in [-0.25, -0.2) is 4.79 Å². The maximum Gasteiger partial charge on any atom is 0.410 e. The lowest BCUT2D eigenvalue weighted by atomic mass is 10.1. The van der Waals surface area contributed by atoms with E-state index in [0.29, 0.717) is 25.4 Å². The Balaban J connectivity index is 2.08. The van der Waals surface area contributed by atoms with Crippen LogP contribution in [0.25, 0.3) is 0 Å². The summed E-state index contributed by atoms with van der Waals surface area (Å²) in [6.45, 7) is 6.51. The van der Waals surface area contributed by atoms with Crippen molar-refractivity contribution in [3.8, 4) is 18.2 Å². The molecule has 108 valence electrons. The number of amides is 1. The molecule has 0 N–H and O–H groups in total. The second-order valence-corrected chi connectivity index (χ2v) is 5.53. The summed E-state index contributed by atoms with van der Waals surface area (Å²) >= 11 is 0. The first-order valence-corrected chi connectivity index (χ1v) is 6.42. The zero-order valence-corrected chi connectivity index (χ0v) is 11.9. The number of carbonyl (C=O) groups is 1. The largest absolute Gasteiger partial charge is 0.462 e. The Morgan fingerprint density at radius 3 is 2.95 bits per heavy atom. The highest BCUT2D eigenvalue weighted by Crippen LogP contribution is 2.28. The molecule has 0 spiro atoms. The fourth-order valence-electron chi connectivity index (χ4n) is 1.89. The Bertz CT molecular complexity index is 536. The van der Waals surface area contributed by atoms with Crippen molar-refractivity contribution in [2.24, 2.45) is 0 Å². The van der Waals surface area contributed by atoms with Crippen LogP contribution < -0.4 is 4.74 Å². The van der Waals surface area contributed by atoms with Crippen molar-refractivity contribution in [2.45, 2.75) is 39.3 Å². The Labute approximate surface area is 118 Å². The smallest absolute Gasteiger partial charge is 0.410 e. The molecule has 0 atom stereocenters. The summed E-state index contributed by atoms with van der Waals surface area (Å²) in [4.78, 5) is 13.7. The molecule has 1 aromatic heterocycles. The minimum Gasteiger partial charge on any atom is -0.462 e. The molecule has 0 bridgehead atoms. The van der Waals surface area contributed by atoms with Crippen molar-refractivity contribution >= 4 is 6.09 Å². The van der Waals surface area contributed by atoms with Crippen molar-refractivity contribution in [3.63, 3.8) is 0 Å². The number of hydrogen-bond donors (Lipinski definition) is 0. The quantitative estimate of drug-likeness (QED) is 0.774. The fourth-order valence-corrected chi connectivity index (χ4v) is 1.89. The Morgan fingerprint density at radius 2 is 2.30 bits per heavy atom. The maximum absolute atomic E-state index is 12.1. The third kappa shape index (κ3) is 3.23. The van der Waals surface area contributed by atoms with Crippen LogP contribution in [-0.4, -0.2) is 34.9 Å². The van der Waals surface area contributed by atoms with Gasteiger partial charge in [-0.05, 0) is 25.9 Å². The van der Waals surface area contributed by atoms with E-state index in [1.165, 1.54) is 0 Å². The van der Waals surface area contributed by atoms with E-state index in [-0.39, 0.29) is 12.7 Å². The van der Waals surface area contributed by atoms with Crippen LogP contribution in [0.1, 0.15) is 32.1 Å². The molecule has 0 saturated heterocycles. The van der Waals surface area contributed by atoms with Gasteiger partial charge in [-0.15, -0.1) is 6.42 Å². The topological polar surface area (TPSA) is 64.8 Å². The van der Waals surface area contributed by atoms with Crippen molar-refractivity contribution in [1.29, 1.82) is 0 Å². The number of terminal acetylenes is 1. The highest BCUT2D eigenvalue weighted by atomic mass is 16.6. The van der Waals surface area contributed by atoms with Gasteiger partial charge < -0.3 is 18.9 Å². The average molecular weight is 278 g/mol. The first-order chi connectivity index (χ1) is 9.40. The second kappa shape index (κ2) is 5.45. The standard InChI is InChI=1S/C14H18N2O4/c1-5-8-18-12-10-9-16(7-6-11(10)20-15-12)13(17)19-14(2,3)4/h1H,6-9H2,2-4H3. The number of carbonyl (C=O) groups excluding carboxylic acids is 1. The average Bonchev–Trinajstić information content (AvgIpc) is 2.76. The van der Waals surface area contributed by atoms with Gasteiger partial charge in [-0.3, -0.25) is 0 Å². The van der Waals surface area contributed by atoms with Crippen LogP contribution in [0.4, 0.5) is 4.79 Å². The SMILES string of the molecule is C#CCOc1noc2c1CN(C(=O)OC(C)(C)C)CC2. The summed E-state index contributed by atoms with van der Waals surface area (Å²) in [7, 11) is 0. The van der Waals surface area contributed by atoms with Gasteiger partial charge >= 0.3 is 6.09 Å². The monoisotopic (exact) mass is 278 g/mol. The Morgan fingerprint density at radius 1 is 1.55 bits per heavy atom. The van der Waals surface area contributed by atoms with E-state index in [1.807, 2.05) is 20.8 Å². The summed E-state index contributed by atoms with van der Waals surface area (Å²) in [6, 6.07) is 0. The third-order valence-corrected chi connectivity index (χ3v) is 2.74. The second-order valence-electron chi connectivity index (χ2n) is 5.53. The number of fused-ring (bicyclic) bond motifs is 1. The number of ether oxygens (including phenoxy) is 2. The molecule has 0 aliphatic carbocycles. The van der Waals surface area contributed by atoms with Gasteiger partial charge in [0.05, 0.1) is 12.1 Å². The minimum atomic E-state index is -0.519. The molecule has 0 radical (unpaired) electrons. The molecule has 0 fully saturated rings. The zero-order valence-electron chi connectivity index (χ0n) is 11.9. The molecule has 0 saturated carbocycles. The normalized spacial score (nSPS) is 14.4. The molecular weight excluding hydrogens is 260 g/mol. The van der Waals surface area contributed by atoms with Crippen molar-refractivity contribution in [1.82, 2.24) is 10.1 Å². The van der Waals surface area contributed by atoms with Crippen molar-refractivity contribution < 1.29 is 18.8 Å². The highest BCUT2D eigenvalue weighted by Gasteiger charge is 2.30. The summed E-state index contributed by atoms with van der Waals surface area (Å²) in [5, 5.41) is 3.83. The van der Waals surface area contributed by atoms with Gasteiger partial charge in [0.2, 0.25) is 0 Å². The molecule has 1 amide bonds. The summed E-state index contributed by atoms with van der Waals surface area (Å²) < 4.78 is 15.8. The predicted molar refractivity (Wildman–Crippen MR) is 71.2 cm³/mol. The van der Waals surface area contributed by atoms with Gasteiger partial charge in [0.15, 0.2) is 6.61 Å². The molecule has 6 nitrogen and oxygen atoms in total. The molecule has 1 aromatic rings. The van der Waals surface area contributed by atoms with Crippen LogP contribution in [0.15, 0.2) is 4.52 Å². The molecule has 1 aliphatic heterocycles. The molecule has 0 aromatic carbocycles. The number of rotatable bonds is 2. The van der Waals surface area contributed by atoms with Crippen molar-refractivity contribution in [2.75, 3.05) is 13.2 Å².